The normalized spacial score (nSPS) is 16.1. The number of aromatic nitrogens is 2. The second-order valence-corrected chi connectivity index (χ2v) is 11.6. The van der Waals surface area contributed by atoms with Crippen LogP contribution in [0.5, 0.6) is 0 Å². The van der Waals surface area contributed by atoms with Crippen molar-refractivity contribution < 1.29 is 24.2 Å². The SMILES string of the molecule is N#Cc1cccc(CNc2c(C3(C(N)=O)CC3)c(C#N)nn2-c2c(Cl)cc(S(F)(F)(F)(F)F)cc2Cl)c1. The minimum Gasteiger partial charge on any atom is -0.369 e. The number of benzene rings is 2. The summed E-state index contributed by atoms with van der Waals surface area (Å²) < 4.78 is 67.9. The van der Waals surface area contributed by atoms with Crippen molar-refractivity contribution in [1.29, 1.82) is 10.5 Å². The van der Waals surface area contributed by atoms with Crippen LogP contribution >= 0.6 is 33.4 Å². The first-order valence-corrected chi connectivity index (χ1v) is 13.0. The van der Waals surface area contributed by atoms with Gasteiger partial charge >= 0.3 is 10.2 Å². The summed E-state index contributed by atoms with van der Waals surface area (Å²) in [6, 6.07) is 10.3. The number of nitrogens with two attached hydrogens (primary N) is 1. The molecule has 2 aromatic carbocycles. The van der Waals surface area contributed by atoms with Gasteiger partial charge in [-0.15, -0.1) is 0 Å². The van der Waals surface area contributed by atoms with Crippen molar-refractivity contribution in [2.75, 3.05) is 5.32 Å². The third-order valence-corrected chi connectivity index (χ3v) is 7.56. The van der Waals surface area contributed by atoms with Crippen LogP contribution in [0.3, 0.4) is 0 Å². The van der Waals surface area contributed by atoms with Crippen molar-refractivity contribution in [3.05, 3.63) is 68.8 Å². The Morgan fingerprint density at radius 3 is 2.22 bits per heavy atom. The number of primary amides is 1. The van der Waals surface area contributed by atoms with Crippen LogP contribution in [0.15, 0.2) is 41.3 Å². The van der Waals surface area contributed by atoms with Crippen molar-refractivity contribution >= 4 is 45.2 Å². The third-order valence-electron chi connectivity index (χ3n) is 5.86. The molecule has 0 bridgehead atoms. The summed E-state index contributed by atoms with van der Waals surface area (Å²) in [5, 5.41) is 24.3. The number of nitriles is 2. The Balaban J connectivity index is 1.93. The molecular weight excluding hydrogens is 562 g/mol. The number of carbonyl (C=O) groups excluding carboxylic acids is 1. The van der Waals surface area contributed by atoms with Gasteiger partial charge in [-0.3, -0.25) is 4.79 Å². The lowest BCUT2D eigenvalue weighted by molar-refractivity contribution is -0.120. The summed E-state index contributed by atoms with van der Waals surface area (Å²) in [5.74, 6) is -0.800. The van der Waals surface area contributed by atoms with Gasteiger partial charge in [-0.2, -0.15) is 15.6 Å². The van der Waals surface area contributed by atoms with E-state index in [4.69, 9.17) is 34.2 Å². The van der Waals surface area contributed by atoms with Crippen LogP contribution in [-0.4, -0.2) is 15.7 Å². The summed E-state index contributed by atoms with van der Waals surface area (Å²) in [6.07, 6.45) is 0.540. The molecule has 0 aliphatic heterocycles. The topological polar surface area (TPSA) is 121 Å². The van der Waals surface area contributed by atoms with E-state index in [0.717, 1.165) is 4.68 Å². The predicted molar refractivity (Wildman–Crippen MR) is 128 cm³/mol. The first-order chi connectivity index (χ1) is 17.0. The molecule has 1 aliphatic carbocycles. The van der Waals surface area contributed by atoms with E-state index in [0.29, 0.717) is 11.1 Å². The number of halogens is 7. The quantitative estimate of drug-likeness (QED) is 0.303. The van der Waals surface area contributed by atoms with Gasteiger partial charge in [0, 0.05) is 12.1 Å². The Kier molecular flexibility index (Phi) is 5.73. The maximum atomic E-state index is 13.4. The molecule has 1 fully saturated rings. The molecule has 0 saturated heterocycles. The number of amides is 1. The number of rotatable bonds is 7. The molecule has 0 unspecified atom stereocenters. The zero-order valence-electron chi connectivity index (χ0n) is 18.4. The van der Waals surface area contributed by atoms with E-state index in [2.05, 4.69) is 10.4 Å². The number of hydrogen-bond donors (Lipinski definition) is 2. The zero-order chi connectivity index (χ0) is 27.5. The van der Waals surface area contributed by atoms with Gasteiger partial charge < -0.3 is 11.1 Å². The van der Waals surface area contributed by atoms with Crippen LogP contribution < -0.4 is 11.1 Å². The fourth-order valence-corrected chi connectivity index (χ4v) is 5.38. The largest absolute Gasteiger partial charge is 0.369 e. The molecule has 1 amide bonds. The molecule has 3 aromatic rings. The second-order valence-electron chi connectivity index (χ2n) is 8.41. The predicted octanol–water partition coefficient (Wildman–Crippen LogP) is 6.71. The van der Waals surface area contributed by atoms with Crippen LogP contribution in [0.25, 0.3) is 5.69 Å². The van der Waals surface area contributed by atoms with E-state index in [1.54, 1.807) is 24.3 Å². The van der Waals surface area contributed by atoms with Gasteiger partial charge in [-0.1, -0.05) is 54.8 Å². The van der Waals surface area contributed by atoms with E-state index >= 15 is 0 Å². The highest BCUT2D eigenvalue weighted by Gasteiger charge is 2.65. The molecule has 15 heteroatoms. The van der Waals surface area contributed by atoms with Gasteiger partial charge in [0.15, 0.2) is 5.69 Å². The van der Waals surface area contributed by atoms with Crippen LogP contribution in [0.2, 0.25) is 10.0 Å². The molecule has 1 aliphatic rings. The molecule has 0 radical (unpaired) electrons. The Hall–Kier alpha value is -3.52. The van der Waals surface area contributed by atoms with E-state index in [9.17, 15) is 29.5 Å². The van der Waals surface area contributed by atoms with Gasteiger partial charge in [-0.05, 0) is 42.7 Å². The smallest absolute Gasteiger partial charge is 0.310 e. The van der Waals surface area contributed by atoms with E-state index < -0.39 is 42.2 Å². The minimum atomic E-state index is -10.1. The van der Waals surface area contributed by atoms with E-state index in [1.807, 2.05) is 12.1 Å². The highest BCUT2D eigenvalue weighted by atomic mass is 35.5. The van der Waals surface area contributed by atoms with Crippen molar-refractivity contribution in [3.8, 4) is 17.8 Å². The first-order valence-electron chi connectivity index (χ1n) is 10.3. The fourth-order valence-electron chi connectivity index (χ4n) is 3.92. The average Bonchev–Trinajstić information content (AvgIpc) is 3.52. The Morgan fingerprint density at radius 2 is 1.73 bits per heavy atom. The van der Waals surface area contributed by atoms with Gasteiger partial charge in [0.2, 0.25) is 5.91 Å². The fraction of sp³-hybridized carbons (Fsp3) is 0.182. The zero-order valence-corrected chi connectivity index (χ0v) is 20.7. The highest BCUT2D eigenvalue weighted by Crippen LogP contribution is 3.02. The lowest BCUT2D eigenvalue weighted by Crippen LogP contribution is -2.29. The van der Waals surface area contributed by atoms with Crippen molar-refractivity contribution in [2.24, 2.45) is 5.73 Å². The van der Waals surface area contributed by atoms with Gasteiger partial charge in [-0.25, -0.2) is 4.68 Å². The summed E-state index contributed by atoms with van der Waals surface area (Å²) in [6.45, 7) is 0.00665. The molecule has 194 valence electrons. The molecule has 1 aromatic heterocycles. The molecular formula is C22H15Cl2F5N6OS. The second kappa shape index (κ2) is 7.99. The third kappa shape index (κ3) is 4.90. The summed E-state index contributed by atoms with van der Waals surface area (Å²) in [4.78, 5) is 10.0. The van der Waals surface area contributed by atoms with Crippen LogP contribution in [0.4, 0.5) is 25.2 Å². The Bertz CT molecular complexity index is 1530. The number of anilines is 1. The van der Waals surface area contributed by atoms with E-state index in [1.165, 1.54) is 0 Å². The number of nitrogens with one attached hydrogen (secondary N) is 1. The molecule has 1 heterocycles. The van der Waals surface area contributed by atoms with Gasteiger partial charge in [0.1, 0.15) is 22.5 Å². The van der Waals surface area contributed by atoms with Crippen LogP contribution in [0, 0.1) is 22.7 Å². The molecule has 0 spiro atoms. The monoisotopic (exact) mass is 576 g/mol. The Labute approximate surface area is 216 Å². The molecule has 7 nitrogen and oxygen atoms in total. The molecule has 1 saturated carbocycles. The number of carbonyl (C=O) groups is 1. The van der Waals surface area contributed by atoms with Crippen LogP contribution in [-0.2, 0) is 16.8 Å². The summed E-state index contributed by atoms with van der Waals surface area (Å²) in [7, 11) is -10.1. The Morgan fingerprint density at radius 1 is 1.11 bits per heavy atom. The van der Waals surface area contributed by atoms with Crippen molar-refractivity contribution in [3.63, 3.8) is 0 Å². The summed E-state index contributed by atoms with van der Waals surface area (Å²) in [5.41, 5.74) is 4.61. The van der Waals surface area contributed by atoms with Gasteiger partial charge in [0.05, 0.1) is 27.1 Å². The highest BCUT2D eigenvalue weighted by molar-refractivity contribution is 8.45. The molecule has 0 atom stereocenters. The lowest BCUT2D eigenvalue weighted by Gasteiger charge is -2.40. The lowest BCUT2D eigenvalue weighted by atomic mass is 9.94. The summed E-state index contributed by atoms with van der Waals surface area (Å²) >= 11 is 12.1. The number of nitrogens with zero attached hydrogens (tertiary/aromatic N) is 4. The first kappa shape index (κ1) is 26.5. The van der Waals surface area contributed by atoms with Crippen molar-refractivity contribution in [2.45, 2.75) is 29.7 Å². The molecule has 37 heavy (non-hydrogen) atoms. The molecule has 4 rings (SSSR count). The minimum absolute atomic E-state index is 0.00665. The number of hydrogen-bond acceptors (Lipinski definition) is 5. The van der Waals surface area contributed by atoms with Gasteiger partial charge in [0.25, 0.3) is 0 Å². The maximum Gasteiger partial charge on any atom is 0.310 e. The van der Waals surface area contributed by atoms with E-state index in [-0.39, 0.29) is 48.6 Å². The van der Waals surface area contributed by atoms with Crippen molar-refractivity contribution in [1.82, 2.24) is 9.78 Å². The maximum absolute atomic E-state index is 13.4. The average molecular weight is 577 g/mol. The van der Waals surface area contributed by atoms with Crippen LogP contribution in [0.1, 0.15) is 35.2 Å². The molecule has 3 N–H and O–H groups in total. The standard InChI is InChI=1S/C22H15Cl2F5N6OS/c23-15-7-14(37(25,26,27,28)29)8-16(24)19(15)35-20(33-11-13-3-1-2-12(6-13)9-30)18(17(10-31)34-35)22(4-5-22)21(32)36/h1-3,6-8,33H,4-5,11H2,(H2,32,36).